The van der Waals surface area contributed by atoms with Crippen molar-refractivity contribution in [2.75, 3.05) is 7.11 Å². The summed E-state index contributed by atoms with van der Waals surface area (Å²) in [5.74, 6) is -0.504. The van der Waals surface area contributed by atoms with E-state index in [1.165, 1.54) is 17.7 Å². The highest BCUT2D eigenvalue weighted by Crippen LogP contribution is 2.23. The maximum Gasteiger partial charge on any atom is 0.335 e. The van der Waals surface area contributed by atoms with Crippen molar-refractivity contribution in [3.63, 3.8) is 0 Å². The van der Waals surface area contributed by atoms with Crippen molar-refractivity contribution in [2.24, 2.45) is 0 Å². The Morgan fingerprint density at radius 3 is 2.50 bits per heavy atom. The Bertz CT molecular complexity index is 988. The number of pyridine rings is 2. The van der Waals surface area contributed by atoms with Crippen LogP contribution in [0.15, 0.2) is 71.2 Å². The molecule has 0 aliphatic carbocycles. The van der Waals surface area contributed by atoms with Gasteiger partial charge in [-0.2, -0.15) is 0 Å². The summed E-state index contributed by atoms with van der Waals surface area (Å²) in [5, 5.41) is 0.892. The molecule has 3 rings (SSSR count). The molecule has 0 spiro atoms. The average Bonchev–Trinajstić information content (AvgIpc) is 2.63. The van der Waals surface area contributed by atoms with Gasteiger partial charge in [-0.3, -0.25) is 14.3 Å². The topological polar surface area (TPSA) is 61.2 Å². The number of rotatable bonds is 3. The van der Waals surface area contributed by atoms with E-state index in [1.54, 1.807) is 31.3 Å². The Balaban J connectivity index is 2.43. The molecule has 5 heteroatoms. The fourth-order valence-electron chi connectivity index (χ4n) is 2.64. The number of hydrogen-bond donors (Lipinski definition) is 0. The Labute approximate surface area is 138 Å². The van der Waals surface area contributed by atoms with Gasteiger partial charge in [0.1, 0.15) is 0 Å². The summed E-state index contributed by atoms with van der Waals surface area (Å²) in [5.41, 5.74) is 1.73. The van der Waals surface area contributed by atoms with Gasteiger partial charge in [-0.25, -0.2) is 4.79 Å². The molecule has 0 bridgehead atoms. The zero-order chi connectivity index (χ0) is 17.1. The van der Waals surface area contributed by atoms with Crippen molar-refractivity contribution >= 4 is 22.6 Å². The van der Waals surface area contributed by atoms with Gasteiger partial charge in [0, 0.05) is 12.3 Å². The first-order chi connectivity index (χ1) is 11.6. The molecular weight excluding hydrogens is 304 g/mol. The van der Waals surface area contributed by atoms with Gasteiger partial charge >= 0.3 is 5.97 Å². The number of hydrogen-bond acceptors (Lipinski definition) is 4. The van der Waals surface area contributed by atoms with Crippen LogP contribution in [0.5, 0.6) is 0 Å². The lowest BCUT2D eigenvalue weighted by Gasteiger charge is -2.16. The molecule has 0 saturated heterocycles. The van der Waals surface area contributed by atoms with Crippen molar-refractivity contribution in [2.45, 2.75) is 6.92 Å². The van der Waals surface area contributed by atoms with Gasteiger partial charge in [-0.05, 0) is 36.6 Å². The van der Waals surface area contributed by atoms with Crippen LogP contribution in [-0.2, 0) is 9.53 Å². The summed E-state index contributed by atoms with van der Waals surface area (Å²) < 4.78 is 6.35. The second-order valence-electron chi connectivity index (χ2n) is 5.25. The molecule has 0 fully saturated rings. The van der Waals surface area contributed by atoms with E-state index in [0.29, 0.717) is 22.5 Å². The SMILES string of the molecule is COC(=O)/C(C)=C(\c1ccccn1)n1c(=O)ccc2ccccc21. The van der Waals surface area contributed by atoms with Crippen LogP contribution in [0.2, 0.25) is 0 Å². The number of para-hydroxylation sites is 1. The van der Waals surface area contributed by atoms with Gasteiger partial charge < -0.3 is 4.74 Å². The number of carbonyl (C=O) groups is 1. The standard InChI is InChI=1S/C19H16N2O3/c1-13(19(23)24-2)18(15-8-5-6-12-20-15)21-16-9-4-3-7-14(16)10-11-17(21)22/h3-12H,1-2H3/b18-13+. The van der Waals surface area contributed by atoms with Gasteiger partial charge in [0.05, 0.1) is 29.6 Å². The highest BCUT2D eigenvalue weighted by atomic mass is 16.5. The van der Waals surface area contributed by atoms with Crippen LogP contribution in [0.25, 0.3) is 16.6 Å². The van der Waals surface area contributed by atoms with Gasteiger partial charge in [-0.15, -0.1) is 0 Å². The molecule has 0 amide bonds. The second-order valence-corrected chi connectivity index (χ2v) is 5.25. The minimum atomic E-state index is -0.504. The average molecular weight is 320 g/mol. The minimum absolute atomic E-state index is 0.238. The van der Waals surface area contributed by atoms with Crippen molar-refractivity contribution in [1.29, 1.82) is 0 Å². The van der Waals surface area contributed by atoms with Crippen LogP contribution in [0.3, 0.4) is 0 Å². The highest BCUT2D eigenvalue weighted by molar-refractivity contribution is 5.98. The van der Waals surface area contributed by atoms with Crippen LogP contribution in [0, 0.1) is 0 Å². The number of fused-ring (bicyclic) bond motifs is 1. The molecule has 3 aromatic rings. The number of esters is 1. The van der Waals surface area contributed by atoms with Crippen LogP contribution in [-0.4, -0.2) is 22.6 Å². The Morgan fingerprint density at radius 2 is 1.79 bits per heavy atom. The number of benzene rings is 1. The third-order valence-corrected chi connectivity index (χ3v) is 3.78. The van der Waals surface area contributed by atoms with E-state index in [2.05, 4.69) is 4.98 Å². The molecule has 0 N–H and O–H groups in total. The van der Waals surface area contributed by atoms with Gasteiger partial charge in [0.25, 0.3) is 5.56 Å². The lowest BCUT2D eigenvalue weighted by molar-refractivity contribution is -0.135. The van der Waals surface area contributed by atoms with Crippen LogP contribution in [0.1, 0.15) is 12.6 Å². The zero-order valence-corrected chi connectivity index (χ0v) is 13.4. The Kier molecular flexibility index (Phi) is 4.24. The van der Waals surface area contributed by atoms with Gasteiger partial charge in [0.2, 0.25) is 0 Å². The first-order valence-corrected chi connectivity index (χ1v) is 7.45. The summed E-state index contributed by atoms with van der Waals surface area (Å²) >= 11 is 0. The summed E-state index contributed by atoms with van der Waals surface area (Å²) in [6, 6.07) is 16.1. The van der Waals surface area contributed by atoms with E-state index in [0.717, 1.165) is 5.39 Å². The number of methoxy groups -OCH3 is 1. The molecule has 0 radical (unpaired) electrons. The molecule has 0 unspecified atom stereocenters. The lowest BCUT2D eigenvalue weighted by atomic mass is 10.1. The predicted octanol–water partition coefficient (Wildman–Crippen LogP) is 2.85. The fraction of sp³-hybridized carbons (Fsp3) is 0.105. The number of carbonyl (C=O) groups excluding carboxylic acids is 1. The minimum Gasteiger partial charge on any atom is -0.466 e. The van der Waals surface area contributed by atoms with Crippen molar-refractivity contribution in [1.82, 2.24) is 9.55 Å². The second kappa shape index (κ2) is 6.50. The fourth-order valence-corrected chi connectivity index (χ4v) is 2.64. The molecule has 2 heterocycles. The van der Waals surface area contributed by atoms with Crippen molar-refractivity contribution in [3.8, 4) is 0 Å². The van der Waals surface area contributed by atoms with Crippen LogP contribution in [0.4, 0.5) is 0 Å². The highest BCUT2D eigenvalue weighted by Gasteiger charge is 2.18. The first-order valence-electron chi connectivity index (χ1n) is 7.45. The lowest BCUT2D eigenvalue weighted by Crippen LogP contribution is -2.22. The summed E-state index contributed by atoms with van der Waals surface area (Å²) in [4.78, 5) is 29.1. The van der Waals surface area contributed by atoms with E-state index < -0.39 is 5.97 Å². The number of nitrogens with zero attached hydrogens (tertiary/aromatic N) is 2. The maximum atomic E-state index is 12.6. The van der Waals surface area contributed by atoms with Crippen LogP contribution < -0.4 is 5.56 Å². The quantitative estimate of drug-likeness (QED) is 0.550. The number of aromatic nitrogens is 2. The van der Waals surface area contributed by atoms with Crippen molar-refractivity contribution in [3.05, 3.63) is 82.4 Å². The normalized spacial score (nSPS) is 11.9. The predicted molar refractivity (Wildman–Crippen MR) is 92.5 cm³/mol. The summed E-state index contributed by atoms with van der Waals surface area (Å²) in [6.45, 7) is 1.63. The smallest absolute Gasteiger partial charge is 0.335 e. The Morgan fingerprint density at radius 1 is 1.04 bits per heavy atom. The molecule has 0 atom stereocenters. The monoisotopic (exact) mass is 320 g/mol. The van der Waals surface area contributed by atoms with E-state index in [-0.39, 0.29) is 5.56 Å². The van der Waals surface area contributed by atoms with E-state index >= 15 is 0 Å². The van der Waals surface area contributed by atoms with Gasteiger partial charge in [0.15, 0.2) is 0 Å². The maximum absolute atomic E-state index is 12.6. The molecule has 2 aromatic heterocycles. The van der Waals surface area contributed by atoms with Crippen LogP contribution >= 0.6 is 0 Å². The zero-order valence-electron chi connectivity index (χ0n) is 13.4. The Hall–Kier alpha value is -3.21. The third-order valence-electron chi connectivity index (χ3n) is 3.78. The molecule has 120 valence electrons. The molecule has 1 aromatic carbocycles. The summed E-state index contributed by atoms with van der Waals surface area (Å²) in [6.07, 6.45) is 1.62. The molecule has 24 heavy (non-hydrogen) atoms. The molecule has 0 saturated carbocycles. The largest absolute Gasteiger partial charge is 0.466 e. The first kappa shape index (κ1) is 15.7. The van der Waals surface area contributed by atoms with Crippen molar-refractivity contribution < 1.29 is 9.53 Å². The number of ether oxygens (including phenoxy) is 1. The van der Waals surface area contributed by atoms with E-state index in [1.807, 2.05) is 30.3 Å². The van der Waals surface area contributed by atoms with E-state index in [4.69, 9.17) is 4.74 Å². The molecule has 0 aliphatic rings. The van der Waals surface area contributed by atoms with E-state index in [9.17, 15) is 9.59 Å². The van der Waals surface area contributed by atoms with Gasteiger partial charge in [-0.1, -0.05) is 24.3 Å². The summed E-state index contributed by atoms with van der Waals surface area (Å²) in [7, 11) is 1.31. The molecule has 0 aliphatic heterocycles. The molecule has 5 nitrogen and oxygen atoms in total. The molecular formula is C19H16N2O3. The third kappa shape index (κ3) is 2.72.